The summed E-state index contributed by atoms with van der Waals surface area (Å²) in [4.78, 5) is 37.1. The molecule has 10 heteroatoms. The Hall–Kier alpha value is -3.24. The summed E-state index contributed by atoms with van der Waals surface area (Å²) in [5.41, 5.74) is 5.79. The monoisotopic (exact) mass is 457 g/mol. The van der Waals surface area contributed by atoms with E-state index in [4.69, 9.17) is 5.73 Å². The molecule has 4 rings (SSSR count). The smallest absolute Gasteiger partial charge is 0.296 e. The highest BCUT2D eigenvalue weighted by atomic mass is 32.2. The van der Waals surface area contributed by atoms with Gasteiger partial charge in [0, 0.05) is 35.8 Å². The van der Waals surface area contributed by atoms with E-state index < -0.39 is 32.3 Å². The van der Waals surface area contributed by atoms with Crippen molar-refractivity contribution in [3.63, 3.8) is 0 Å². The molecule has 9 nitrogen and oxygen atoms in total. The molecule has 2 aliphatic carbocycles. The van der Waals surface area contributed by atoms with E-state index in [0.717, 1.165) is 6.07 Å². The maximum Gasteiger partial charge on any atom is 0.296 e. The number of ketones is 2. The van der Waals surface area contributed by atoms with Crippen molar-refractivity contribution in [3.8, 4) is 0 Å². The molecule has 0 aliphatic heterocycles. The van der Waals surface area contributed by atoms with Crippen LogP contribution in [0.3, 0.4) is 0 Å². The van der Waals surface area contributed by atoms with Crippen LogP contribution in [0.4, 0.5) is 11.4 Å². The van der Waals surface area contributed by atoms with Crippen LogP contribution in [0.15, 0.2) is 35.2 Å². The van der Waals surface area contributed by atoms with E-state index in [1.165, 1.54) is 19.1 Å². The van der Waals surface area contributed by atoms with E-state index in [0.29, 0.717) is 25.7 Å². The maximum atomic E-state index is 13.3. The first-order valence-corrected chi connectivity index (χ1v) is 11.7. The van der Waals surface area contributed by atoms with Gasteiger partial charge in [-0.1, -0.05) is 24.3 Å². The number of carbonyl (C=O) groups is 3. The zero-order valence-corrected chi connectivity index (χ0v) is 18.2. The molecule has 32 heavy (non-hydrogen) atoms. The van der Waals surface area contributed by atoms with Gasteiger partial charge in [0.2, 0.25) is 5.91 Å². The predicted octanol–water partition coefficient (Wildman–Crippen LogP) is 2.15. The highest BCUT2D eigenvalue weighted by Gasteiger charge is 2.37. The van der Waals surface area contributed by atoms with Crippen LogP contribution in [-0.2, 0) is 14.9 Å². The van der Waals surface area contributed by atoms with E-state index in [-0.39, 0.29) is 45.9 Å². The lowest BCUT2D eigenvalue weighted by molar-refractivity contribution is -0.119. The molecule has 0 aromatic heterocycles. The zero-order chi connectivity index (χ0) is 23.2. The third kappa shape index (κ3) is 3.87. The molecule has 0 radical (unpaired) electrons. The first-order chi connectivity index (χ1) is 15.1. The van der Waals surface area contributed by atoms with Crippen molar-refractivity contribution in [2.24, 2.45) is 0 Å². The molecule has 0 bridgehead atoms. The Morgan fingerprint density at radius 3 is 2.06 bits per heavy atom. The molecular formula is C22H23N3O6S. The summed E-state index contributed by atoms with van der Waals surface area (Å²) in [5, 5.41) is 6.07. The number of anilines is 2. The molecule has 168 valence electrons. The van der Waals surface area contributed by atoms with Crippen molar-refractivity contribution in [1.82, 2.24) is 5.32 Å². The van der Waals surface area contributed by atoms with E-state index in [9.17, 15) is 27.4 Å². The standard InChI is InChI=1S/C22H23N3O6S/c1-11(26)24-12-6-8-13(9-7-12)25-16-10-17(32(29,30)31)20(23)19-18(16)21(27)14-4-2-3-5-15(14)22(19)28/h2-5,10,12-13,25H,6-9,23H2,1H3,(H,24,26)(H,29,30,31). The summed E-state index contributed by atoms with van der Waals surface area (Å²) in [6.45, 7) is 1.46. The van der Waals surface area contributed by atoms with Gasteiger partial charge in [-0.25, -0.2) is 0 Å². The quantitative estimate of drug-likeness (QED) is 0.343. The van der Waals surface area contributed by atoms with Gasteiger partial charge in [0.05, 0.1) is 16.8 Å². The highest BCUT2D eigenvalue weighted by molar-refractivity contribution is 7.86. The fraction of sp³-hybridized carbons (Fsp3) is 0.318. The largest absolute Gasteiger partial charge is 0.397 e. The molecule has 0 heterocycles. The molecule has 0 saturated heterocycles. The average Bonchev–Trinajstić information content (AvgIpc) is 2.73. The number of amides is 1. The van der Waals surface area contributed by atoms with Crippen LogP contribution in [0.2, 0.25) is 0 Å². The summed E-state index contributed by atoms with van der Waals surface area (Å²) in [5.74, 6) is -1.12. The minimum Gasteiger partial charge on any atom is -0.397 e. The van der Waals surface area contributed by atoms with Crippen LogP contribution in [0.25, 0.3) is 0 Å². The van der Waals surface area contributed by atoms with Gasteiger partial charge in [0.1, 0.15) is 4.90 Å². The summed E-state index contributed by atoms with van der Waals surface area (Å²) in [6, 6.07) is 7.30. The summed E-state index contributed by atoms with van der Waals surface area (Å²) < 4.78 is 33.6. The topological polar surface area (TPSA) is 156 Å². The van der Waals surface area contributed by atoms with Gasteiger partial charge in [-0.2, -0.15) is 8.42 Å². The van der Waals surface area contributed by atoms with Crippen LogP contribution in [0.5, 0.6) is 0 Å². The van der Waals surface area contributed by atoms with Crippen LogP contribution in [0.1, 0.15) is 64.4 Å². The van der Waals surface area contributed by atoms with Gasteiger partial charge < -0.3 is 16.4 Å². The number of hydrogen-bond acceptors (Lipinski definition) is 7. The lowest BCUT2D eigenvalue weighted by Gasteiger charge is -2.31. The molecule has 5 N–H and O–H groups in total. The highest BCUT2D eigenvalue weighted by Crippen LogP contribution is 2.39. The molecular weight excluding hydrogens is 434 g/mol. The van der Waals surface area contributed by atoms with Crippen molar-refractivity contribution in [2.45, 2.75) is 49.6 Å². The SMILES string of the molecule is CC(=O)NC1CCC(Nc2cc(S(=O)(=O)O)c(N)c3c2C(=O)c2ccccc2C3=O)CC1. The second kappa shape index (κ2) is 8.03. The molecule has 1 fully saturated rings. The first-order valence-electron chi connectivity index (χ1n) is 10.2. The Bertz CT molecular complexity index is 1250. The Labute approximate surface area is 185 Å². The molecule has 1 saturated carbocycles. The van der Waals surface area contributed by atoms with Crippen molar-refractivity contribution in [1.29, 1.82) is 0 Å². The Morgan fingerprint density at radius 2 is 1.53 bits per heavy atom. The molecule has 0 spiro atoms. The molecule has 2 aromatic rings. The number of nitrogens with one attached hydrogen (secondary N) is 2. The van der Waals surface area contributed by atoms with Crippen LogP contribution < -0.4 is 16.4 Å². The van der Waals surface area contributed by atoms with Crippen LogP contribution in [0, 0.1) is 0 Å². The van der Waals surface area contributed by atoms with Crippen LogP contribution in [-0.4, -0.2) is 42.5 Å². The maximum absolute atomic E-state index is 13.3. The Morgan fingerprint density at radius 1 is 1.00 bits per heavy atom. The fourth-order valence-corrected chi connectivity index (χ4v) is 5.16. The van der Waals surface area contributed by atoms with Gasteiger partial charge >= 0.3 is 0 Å². The van der Waals surface area contributed by atoms with E-state index in [1.54, 1.807) is 12.1 Å². The fourth-order valence-electron chi connectivity index (χ4n) is 4.51. The van der Waals surface area contributed by atoms with Crippen molar-refractivity contribution in [3.05, 3.63) is 52.6 Å². The second-order valence-electron chi connectivity index (χ2n) is 8.16. The Balaban J connectivity index is 1.77. The van der Waals surface area contributed by atoms with Crippen molar-refractivity contribution < 1.29 is 27.4 Å². The molecule has 0 atom stereocenters. The van der Waals surface area contributed by atoms with Gasteiger partial charge in [-0.05, 0) is 31.7 Å². The van der Waals surface area contributed by atoms with Crippen molar-refractivity contribution in [2.75, 3.05) is 11.1 Å². The lowest BCUT2D eigenvalue weighted by Crippen LogP contribution is -2.39. The first kappa shape index (κ1) is 22.0. The van der Waals surface area contributed by atoms with Gasteiger partial charge in [0.15, 0.2) is 11.6 Å². The summed E-state index contributed by atoms with van der Waals surface area (Å²) in [7, 11) is -4.75. The van der Waals surface area contributed by atoms with E-state index in [1.807, 2.05) is 0 Å². The summed E-state index contributed by atoms with van der Waals surface area (Å²) >= 11 is 0. The number of nitrogens with two attached hydrogens (primary N) is 1. The third-order valence-electron chi connectivity index (χ3n) is 5.97. The number of fused-ring (bicyclic) bond motifs is 2. The average molecular weight is 458 g/mol. The lowest BCUT2D eigenvalue weighted by atomic mass is 9.82. The normalized spacial score (nSPS) is 20.3. The van der Waals surface area contributed by atoms with Crippen LogP contribution >= 0.6 is 0 Å². The predicted molar refractivity (Wildman–Crippen MR) is 117 cm³/mol. The minimum absolute atomic E-state index is 0.00239. The number of rotatable bonds is 4. The summed E-state index contributed by atoms with van der Waals surface area (Å²) in [6.07, 6.45) is 2.72. The molecule has 2 aromatic carbocycles. The van der Waals surface area contributed by atoms with Gasteiger partial charge in [0.25, 0.3) is 10.1 Å². The van der Waals surface area contributed by atoms with Gasteiger partial charge in [-0.3, -0.25) is 18.9 Å². The Kier molecular flexibility index (Phi) is 5.51. The number of carbonyl (C=O) groups excluding carboxylic acids is 3. The molecule has 0 unspecified atom stereocenters. The van der Waals surface area contributed by atoms with Crippen molar-refractivity contribution >= 4 is 39.0 Å². The molecule has 2 aliphatic rings. The second-order valence-corrected chi connectivity index (χ2v) is 9.55. The zero-order valence-electron chi connectivity index (χ0n) is 17.3. The number of benzene rings is 2. The van der Waals surface area contributed by atoms with E-state index >= 15 is 0 Å². The number of nitrogen functional groups attached to an aromatic ring is 1. The van der Waals surface area contributed by atoms with Gasteiger partial charge in [-0.15, -0.1) is 0 Å². The third-order valence-corrected chi connectivity index (χ3v) is 6.87. The minimum atomic E-state index is -4.75. The number of hydrogen-bond donors (Lipinski definition) is 4. The molecule has 1 amide bonds. The van der Waals surface area contributed by atoms with E-state index in [2.05, 4.69) is 10.6 Å².